The number of carbonyl (C=O) groups is 1. The van der Waals surface area contributed by atoms with Crippen LogP contribution in [0.1, 0.15) is 35.4 Å². The number of anilines is 1. The largest absolute Gasteiger partial charge is 0.360 e. The summed E-state index contributed by atoms with van der Waals surface area (Å²) in [6, 6.07) is 4.70. The molecule has 1 fully saturated rings. The minimum atomic E-state index is -3.75. The molecule has 1 N–H and O–H groups in total. The maximum absolute atomic E-state index is 14.0. The lowest BCUT2D eigenvalue weighted by molar-refractivity contribution is 0.102. The fourth-order valence-corrected chi connectivity index (χ4v) is 4.25. The van der Waals surface area contributed by atoms with Gasteiger partial charge in [-0.15, -0.1) is 0 Å². The SMILES string of the molecule is Cc1cc(NC(=O)c2cc(S(=O)(=O)N3CCCCC3)ccc2F)no1. The van der Waals surface area contributed by atoms with Crippen molar-refractivity contribution in [1.82, 2.24) is 9.46 Å². The predicted octanol–water partition coefficient (Wildman–Crippen LogP) is 2.55. The second-order valence-corrected chi connectivity index (χ2v) is 7.82. The Morgan fingerprint density at radius 3 is 2.60 bits per heavy atom. The lowest BCUT2D eigenvalue weighted by Gasteiger charge is -2.26. The van der Waals surface area contributed by atoms with Gasteiger partial charge in [-0.2, -0.15) is 4.31 Å². The van der Waals surface area contributed by atoms with Crippen molar-refractivity contribution in [3.05, 3.63) is 41.4 Å². The van der Waals surface area contributed by atoms with E-state index in [-0.39, 0.29) is 16.3 Å². The van der Waals surface area contributed by atoms with Gasteiger partial charge in [-0.05, 0) is 38.0 Å². The summed E-state index contributed by atoms with van der Waals surface area (Å²) < 4.78 is 45.6. The maximum atomic E-state index is 14.0. The summed E-state index contributed by atoms with van der Waals surface area (Å²) in [4.78, 5) is 12.2. The molecule has 1 saturated heterocycles. The first-order valence-corrected chi connectivity index (χ1v) is 9.36. The molecular weight excluding hydrogens is 349 g/mol. The minimum Gasteiger partial charge on any atom is -0.360 e. The molecule has 0 radical (unpaired) electrons. The Hall–Kier alpha value is -2.26. The van der Waals surface area contributed by atoms with Crippen LogP contribution in [-0.4, -0.2) is 36.9 Å². The molecule has 0 unspecified atom stereocenters. The second-order valence-electron chi connectivity index (χ2n) is 5.88. The van der Waals surface area contributed by atoms with Gasteiger partial charge in [0.25, 0.3) is 5.91 Å². The predicted molar refractivity (Wildman–Crippen MR) is 88.2 cm³/mol. The summed E-state index contributed by atoms with van der Waals surface area (Å²) in [6.07, 6.45) is 2.57. The van der Waals surface area contributed by atoms with E-state index in [4.69, 9.17) is 4.52 Å². The third-order valence-corrected chi connectivity index (χ3v) is 5.90. The van der Waals surface area contributed by atoms with Crippen molar-refractivity contribution in [3.63, 3.8) is 0 Å². The van der Waals surface area contributed by atoms with Crippen molar-refractivity contribution in [1.29, 1.82) is 0 Å². The van der Waals surface area contributed by atoms with Gasteiger partial charge in [0.15, 0.2) is 5.82 Å². The van der Waals surface area contributed by atoms with E-state index in [9.17, 15) is 17.6 Å². The van der Waals surface area contributed by atoms with E-state index >= 15 is 0 Å². The lowest BCUT2D eigenvalue weighted by atomic mass is 10.2. The fourth-order valence-electron chi connectivity index (χ4n) is 2.70. The number of sulfonamides is 1. The summed E-state index contributed by atoms with van der Waals surface area (Å²) >= 11 is 0. The molecule has 1 aromatic heterocycles. The highest BCUT2D eigenvalue weighted by Gasteiger charge is 2.27. The number of hydrogen-bond donors (Lipinski definition) is 1. The lowest BCUT2D eigenvalue weighted by Crippen LogP contribution is -2.35. The number of carbonyl (C=O) groups excluding carboxylic acids is 1. The number of aryl methyl sites for hydroxylation is 1. The van der Waals surface area contributed by atoms with Crippen LogP contribution in [0.25, 0.3) is 0 Å². The van der Waals surface area contributed by atoms with Crippen molar-refractivity contribution >= 4 is 21.7 Å². The molecule has 0 aliphatic carbocycles. The number of nitrogens with zero attached hydrogens (tertiary/aromatic N) is 2. The topological polar surface area (TPSA) is 92.5 Å². The van der Waals surface area contributed by atoms with Gasteiger partial charge in [-0.3, -0.25) is 4.79 Å². The molecule has 25 heavy (non-hydrogen) atoms. The van der Waals surface area contributed by atoms with Crippen molar-refractivity contribution in [3.8, 4) is 0 Å². The summed E-state index contributed by atoms with van der Waals surface area (Å²) in [5, 5.41) is 5.99. The van der Waals surface area contributed by atoms with Gasteiger partial charge < -0.3 is 9.84 Å². The highest BCUT2D eigenvalue weighted by atomic mass is 32.2. The molecule has 1 aromatic carbocycles. The van der Waals surface area contributed by atoms with Gasteiger partial charge in [-0.25, -0.2) is 12.8 Å². The molecule has 2 heterocycles. The molecule has 1 aliphatic rings. The molecular formula is C16H18FN3O4S. The van der Waals surface area contributed by atoms with Gasteiger partial charge in [-0.1, -0.05) is 11.6 Å². The van der Waals surface area contributed by atoms with E-state index in [0.29, 0.717) is 18.8 Å². The summed E-state index contributed by atoms with van der Waals surface area (Å²) in [5.41, 5.74) is -0.362. The minimum absolute atomic E-state index is 0.0997. The number of amides is 1. The Morgan fingerprint density at radius 2 is 1.96 bits per heavy atom. The van der Waals surface area contributed by atoms with E-state index in [1.54, 1.807) is 6.92 Å². The Balaban J connectivity index is 1.88. The molecule has 1 aliphatic heterocycles. The normalized spacial score (nSPS) is 15.9. The standard InChI is InChI=1S/C16H18FN3O4S/c1-11-9-15(19-24-11)18-16(21)13-10-12(5-6-14(13)17)25(22,23)20-7-3-2-4-8-20/h5-6,9-10H,2-4,7-8H2,1H3,(H,18,19,21). The average Bonchev–Trinajstić information content (AvgIpc) is 3.00. The molecule has 3 rings (SSSR count). The average molecular weight is 367 g/mol. The van der Waals surface area contributed by atoms with Crippen LogP contribution in [0.15, 0.2) is 33.7 Å². The van der Waals surface area contributed by atoms with Crippen LogP contribution in [0.4, 0.5) is 10.2 Å². The molecule has 2 aromatic rings. The Bertz CT molecular complexity index is 889. The van der Waals surface area contributed by atoms with Gasteiger partial charge >= 0.3 is 0 Å². The first kappa shape index (κ1) is 17.6. The van der Waals surface area contributed by atoms with Gasteiger partial charge in [0.2, 0.25) is 10.0 Å². The van der Waals surface area contributed by atoms with Gasteiger partial charge in [0.05, 0.1) is 10.5 Å². The molecule has 0 bridgehead atoms. The number of piperidine rings is 1. The number of hydrogen-bond acceptors (Lipinski definition) is 5. The molecule has 7 nitrogen and oxygen atoms in total. The number of nitrogens with one attached hydrogen (secondary N) is 1. The van der Waals surface area contributed by atoms with Crippen molar-refractivity contribution < 1.29 is 22.1 Å². The molecule has 0 spiro atoms. The van der Waals surface area contributed by atoms with Crippen LogP contribution in [-0.2, 0) is 10.0 Å². The first-order chi connectivity index (χ1) is 11.9. The van der Waals surface area contributed by atoms with Crippen LogP contribution >= 0.6 is 0 Å². The van der Waals surface area contributed by atoms with E-state index in [2.05, 4.69) is 10.5 Å². The van der Waals surface area contributed by atoms with Crippen molar-refractivity contribution in [2.24, 2.45) is 0 Å². The van der Waals surface area contributed by atoms with Crippen molar-refractivity contribution in [2.75, 3.05) is 18.4 Å². The smallest absolute Gasteiger partial charge is 0.259 e. The molecule has 134 valence electrons. The maximum Gasteiger partial charge on any atom is 0.259 e. The molecule has 0 atom stereocenters. The van der Waals surface area contributed by atoms with E-state index in [0.717, 1.165) is 31.4 Å². The zero-order valence-corrected chi connectivity index (χ0v) is 14.5. The molecule has 9 heteroatoms. The van der Waals surface area contributed by atoms with Crippen LogP contribution in [0.5, 0.6) is 0 Å². The molecule has 1 amide bonds. The Labute approximate surface area is 144 Å². The third kappa shape index (κ3) is 3.72. The van der Waals surface area contributed by atoms with E-state index in [1.165, 1.54) is 16.4 Å². The highest BCUT2D eigenvalue weighted by molar-refractivity contribution is 7.89. The molecule has 0 saturated carbocycles. The van der Waals surface area contributed by atoms with Gasteiger partial charge in [0, 0.05) is 19.2 Å². The summed E-state index contributed by atoms with van der Waals surface area (Å²) in [6.45, 7) is 2.51. The zero-order valence-electron chi connectivity index (χ0n) is 13.7. The van der Waals surface area contributed by atoms with E-state index < -0.39 is 21.7 Å². The quantitative estimate of drug-likeness (QED) is 0.896. The highest BCUT2D eigenvalue weighted by Crippen LogP contribution is 2.23. The Kier molecular flexibility index (Phi) is 4.87. The van der Waals surface area contributed by atoms with Crippen LogP contribution < -0.4 is 5.32 Å². The van der Waals surface area contributed by atoms with E-state index in [1.807, 2.05) is 0 Å². The number of halogens is 1. The van der Waals surface area contributed by atoms with Gasteiger partial charge in [0.1, 0.15) is 11.6 Å². The van der Waals surface area contributed by atoms with Crippen LogP contribution in [0, 0.1) is 12.7 Å². The zero-order chi connectivity index (χ0) is 18.0. The fraction of sp³-hybridized carbons (Fsp3) is 0.375. The first-order valence-electron chi connectivity index (χ1n) is 7.92. The summed E-state index contributed by atoms with van der Waals surface area (Å²) in [5.74, 6) is -0.986. The van der Waals surface area contributed by atoms with Crippen LogP contribution in [0.3, 0.4) is 0 Å². The monoisotopic (exact) mass is 367 g/mol. The van der Waals surface area contributed by atoms with Crippen molar-refractivity contribution in [2.45, 2.75) is 31.1 Å². The number of benzene rings is 1. The number of rotatable bonds is 4. The van der Waals surface area contributed by atoms with Crippen LogP contribution in [0.2, 0.25) is 0 Å². The summed E-state index contributed by atoms with van der Waals surface area (Å²) in [7, 11) is -3.75. The Morgan fingerprint density at radius 1 is 1.24 bits per heavy atom. The third-order valence-electron chi connectivity index (χ3n) is 4.00. The number of aromatic nitrogens is 1. The second kappa shape index (κ2) is 6.93.